The largest absolute Gasteiger partial charge is 0.479 e. The van der Waals surface area contributed by atoms with Gasteiger partial charge in [-0.1, -0.05) is 19.3 Å². The lowest BCUT2D eigenvalue weighted by Gasteiger charge is -2.41. The molecule has 2 rings (SSSR count). The summed E-state index contributed by atoms with van der Waals surface area (Å²) in [5, 5.41) is 9.55. The number of hydrogen-bond donors (Lipinski definition) is 1. The van der Waals surface area contributed by atoms with Gasteiger partial charge in [0.2, 0.25) is 5.91 Å². The Labute approximate surface area is 113 Å². The zero-order chi connectivity index (χ0) is 14.0. The molecule has 108 valence electrons. The van der Waals surface area contributed by atoms with Gasteiger partial charge in [-0.15, -0.1) is 0 Å². The van der Waals surface area contributed by atoms with E-state index in [2.05, 4.69) is 0 Å². The van der Waals surface area contributed by atoms with Gasteiger partial charge in [0.1, 0.15) is 5.54 Å². The average molecular weight is 269 g/mol. The molecule has 0 aliphatic heterocycles. The molecule has 2 atom stereocenters. The van der Waals surface area contributed by atoms with E-state index in [4.69, 9.17) is 4.74 Å². The molecule has 1 amide bonds. The second kappa shape index (κ2) is 5.49. The maximum Gasteiger partial charge on any atom is 0.329 e. The minimum Gasteiger partial charge on any atom is -0.479 e. The second-order valence-corrected chi connectivity index (χ2v) is 5.63. The molecule has 5 nitrogen and oxygen atoms in total. The van der Waals surface area contributed by atoms with Crippen molar-refractivity contribution in [2.24, 2.45) is 5.92 Å². The van der Waals surface area contributed by atoms with E-state index < -0.39 is 11.5 Å². The summed E-state index contributed by atoms with van der Waals surface area (Å²) in [5.41, 5.74) is -0.991. The summed E-state index contributed by atoms with van der Waals surface area (Å²) in [6.45, 7) is 2.51. The first-order valence-corrected chi connectivity index (χ1v) is 7.15. The second-order valence-electron chi connectivity index (χ2n) is 5.63. The van der Waals surface area contributed by atoms with Crippen LogP contribution in [0.3, 0.4) is 0 Å². The summed E-state index contributed by atoms with van der Waals surface area (Å²) < 4.78 is 5.42. The maximum atomic E-state index is 12.4. The summed E-state index contributed by atoms with van der Waals surface area (Å²) in [5.74, 6) is -1.07. The van der Waals surface area contributed by atoms with Crippen LogP contribution in [0.15, 0.2) is 0 Å². The Balaban J connectivity index is 2.06. The zero-order valence-corrected chi connectivity index (χ0v) is 11.7. The van der Waals surface area contributed by atoms with Crippen molar-refractivity contribution < 1.29 is 19.4 Å². The number of likely N-dealkylation sites (N-methyl/N-ethyl adjacent to an activating group) is 1. The van der Waals surface area contributed by atoms with Gasteiger partial charge in [-0.2, -0.15) is 0 Å². The number of carboxylic acids is 1. The van der Waals surface area contributed by atoms with Crippen LogP contribution in [0.25, 0.3) is 0 Å². The van der Waals surface area contributed by atoms with Crippen LogP contribution in [-0.2, 0) is 14.3 Å². The Bertz CT molecular complexity index is 362. The van der Waals surface area contributed by atoms with Gasteiger partial charge in [-0.05, 0) is 26.2 Å². The molecule has 2 aliphatic carbocycles. The minimum absolute atomic E-state index is 0.00520. The Morgan fingerprint density at radius 2 is 1.95 bits per heavy atom. The molecular weight excluding hydrogens is 246 g/mol. The molecule has 2 unspecified atom stereocenters. The van der Waals surface area contributed by atoms with Crippen LogP contribution in [-0.4, -0.2) is 47.2 Å². The van der Waals surface area contributed by atoms with E-state index in [0.29, 0.717) is 19.4 Å². The van der Waals surface area contributed by atoms with Crippen LogP contribution in [0.2, 0.25) is 0 Å². The number of amides is 1. The van der Waals surface area contributed by atoms with Gasteiger partial charge in [0.15, 0.2) is 0 Å². The Morgan fingerprint density at radius 3 is 2.47 bits per heavy atom. The third-order valence-electron chi connectivity index (χ3n) is 4.48. The highest BCUT2D eigenvalue weighted by atomic mass is 16.5. The molecule has 0 spiro atoms. The van der Waals surface area contributed by atoms with E-state index in [9.17, 15) is 14.7 Å². The van der Waals surface area contributed by atoms with Crippen molar-refractivity contribution in [2.45, 2.75) is 57.1 Å². The monoisotopic (exact) mass is 269 g/mol. The molecule has 0 aromatic heterocycles. The Hall–Kier alpha value is -1.10. The van der Waals surface area contributed by atoms with Crippen molar-refractivity contribution in [3.05, 3.63) is 0 Å². The SMILES string of the molecule is CCOC1CC1C(=O)N(C)C1(C(=O)O)CCCCC1. The molecule has 2 fully saturated rings. The molecule has 2 saturated carbocycles. The van der Waals surface area contributed by atoms with Crippen LogP contribution in [0.1, 0.15) is 45.4 Å². The topological polar surface area (TPSA) is 66.8 Å². The molecule has 0 saturated heterocycles. The normalized spacial score (nSPS) is 28.7. The van der Waals surface area contributed by atoms with Gasteiger partial charge < -0.3 is 14.7 Å². The fraction of sp³-hybridized carbons (Fsp3) is 0.857. The summed E-state index contributed by atoms with van der Waals surface area (Å²) in [6, 6.07) is 0. The molecule has 0 radical (unpaired) electrons. The van der Waals surface area contributed by atoms with Gasteiger partial charge in [-0.25, -0.2) is 4.79 Å². The molecule has 0 aromatic rings. The lowest BCUT2D eigenvalue weighted by molar-refractivity contribution is -0.161. The molecule has 5 heteroatoms. The predicted molar refractivity (Wildman–Crippen MR) is 69.7 cm³/mol. The third kappa shape index (κ3) is 2.61. The number of aliphatic carboxylic acids is 1. The lowest BCUT2D eigenvalue weighted by atomic mass is 9.80. The van der Waals surface area contributed by atoms with E-state index in [1.54, 1.807) is 7.05 Å². The van der Waals surface area contributed by atoms with Gasteiger partial charge in [0.25, 0.3) is 0 Å². The number of rotatable bonds is 5. The van der Waals surface area contributed by atoms with Gasteiger partial charge in [0, 0.05) is 13.7 Å². The number of nitrogens with zero attached hydrogens (tertiary/aromatic N) is 1. The Kier molecular flexibility index (Phi) is 4.13. The van der Waals surface area contributed by atoms with E-state index >= 15 is 0 Å². The van der Waals surface area contributed by atoms with Gasteiger partial charge >= 0.3 is 5.97 Å². The quantitative estimate of drug-likeness (QED) is 0.824. The van der Waals surface area contributed by atoms with Crippen molar-refractivity contribution in [2.75, 3.05) is 13.7 Å². The number of carboxylic acid groups (broad SMARTS) is 1. The summed E-state index contributed by atoms with van der Waals surface area (Å²) >= 11 is 0. The number of carbonyl (C=O) groups excluding carboxylic acids is 1. The maximum absolute atomic E-state index is 12.4. The summed E-state index contributed by atoms with van der Waals surface area (Å²) in [7, 11) is 1.64. The first-order chi connectivity index (χ1) is 9.03. The van der Waals surface area contributed by atoms with E-state index in [1.165, 1.54) is 4.90 Å². The fourth-order valence-corrected chi connectivity index (χ4v) is 3.12. The smallest absolute Gasteiger partial charge is 0.329 e. The van der Waals surface area contributed by atoms with Crippen molar-refractivity contribution in [3.8, 4) is 0 Å². The van der Waals surface area contributed by atoms with E-state index in [1.807, 2.05) is 6.92 Å². The average Bonchev–Trinajstić information content (AvgIpc) is 3.17. The molecule has 0 bridgehead atoms. The predicted octanol–water partition coefficient (Wildman–Crippen LogP) is 1.66. The summed E-state index contributed by atoms with van der Waals surface area (Å²) in [6.07, 6.45) is 4.67. The van der Waals surface area contributed by atoms with Gasteiger partial charge in [0.05, 0.1) is 12.0 Å². The molecular formula is C14H23NO4. The molecule has 0 aromatic carbocycles. The summed E-state index contributed by atoms with van der Waals surface area (Å²) in [4.78, 5) is 25.5. The van der Waals surface area contributed by atoms with Crippen LogP contribution in [0.5, 0.6) is 0 Å². The van der Waals surface area contributed by atoms with Crippen LogP contribution >= 0.6 is 0 Å². The van der Waals surface area contributed by atoms with E-state index in [-0.39, 0.29) is 17.9 Å². The molecule has 2 aliphatic rings. The van der Waals surface area contributed by atoms with Crippen LogP contribution in [0, 0.1) is 5.92 Å². The number of carbonyl (C=O) groups is 2. The molecule has 1 N–H and O–H groups in total. The highest BCUT2D eigenvalue weighted by Gasteiger charge is 2.52. The van der Waals surface area contributed by atoms with Crippen molar-refractivity contribution in [1.29, 1.82) is 0 Å². The highest BCUT2D eigenvalue weighted by Crippen LogP contribution is 2.40. The van der Waals surface area contributed by atoms with Crippen LogP contribution in [0.4, 0.5) is 0 Å². The number of ether oxygens (including phenoxy) is 1. The highest BCUT2D eigenvalue weighted by molar-refractivity contribution is 5.89. The third-order valence-corrected chi connectivity index (χ3v) is 4.48. The Morgan fingerprint density at radius 1 is 1.32 bits per heavy atom. The zero-order valence-electron chi connectivity index (χ0n) is 11.7. The fourth-order valence-electron chi connectivity index (χ4n) is 3.12. The standard InChI is InChI=1S/C14H23NO4/c1-3-19-11-9-10(11)12(16)15(2)14(13(17)18)7-5-4-6-8-14/h10-11H,3-9H2,1-2H3,(H,17,18). The minimum atomic E-state index is -0.991. The lowest BCUT2D eigenvalue weighted by Crippen LogP contribution is -2.56. The van der Waals surface area contributed by atoms with Gasteiger partial charge in [-0.3, -0.25) is 4.79 Å². The molecule has 0 heterocycles. The first-order valence-electron chi connectivity index (χ1n) is 7.15. The van der Waals surface area contributed by atoms with Crippen molar-refractivity contribution in [1.82, 2.24) is 4.90 Å². The van der Waals surface area contributed by atoms with Crippen LogP contribution < -0.4 is 0 Å². The number of hydrogen-bond acceptors (Lipinski definition) is 3. The van der Waals surface area contributed by atoms with Crippen molar-refractivity contribution in [3.63, 3.8) is 0 Å². The van der Waals surface area contributed by atoms with E-state index in [0.717, 1.165) is 25.7 Å². The first kappa shape index (κ1) is 14.3. The van der Waals surface area contributed by atoms with Crippen molar-refractivity contribution >= 4 is 11.9 Å². The molecule has 19 heavy (non-hydrogen) atoms.